The lowest BCUT2D eigenvalue weighted by atomic mass is 10.1. The van der Waals surface area contributed by atoms with Crippen molar-refractivity contribution in [2.45, 2.75) is 31.6 Å². The standard InChI is InChI=1S/C19H22N2O4/c22-12-14-4-6-16(7-5-14)25-18-8-10-24-13-17(18)21-19(23)11-15-3-1-2-9-20-15/h1-7,9,17-18,22H,8,10-13H2,(H,21,23). The van der Waals surface area contributed by atoms with Crippen molar-refractivity contribution in [3.8, 4) is 5.75 Å². The lowest BCUT2D eigenvalue weighted by molar-refractivity contribution is -0.123. The fourth-order valence-corrected chi connectivity index (χ4v) is 2.77. The monoisotopic (exact) mass is 342 g/mol. The van der Waals surface area contributed by atoms with Gasteiger partial charge in [-0.2, -0.15) is 0 Å². The molecule has 2 heterocycles. The maximum Gasteiger partial charge on any atom is 0.226 e. The van der Waals surface area contributed by atoms with Gasteiger partial charge in [0.1, 0.15) is 11.9 Å². The van der Waals surface area contributed by atoms with Gasteiger partial charge in [-0.1, -0.05) is 18.2 Å². The maximum atomic E-state index is 12.3. The van der Waals surface area contributed by atoms with E-state index in [1.807, 2.05) is 42.5 Å². The van der Waals surface area contributed by atoms with Crippen LogP contribution >= 0.6 is 0 Å². The Bertz CT molecular complexity index is 676. The highest BCUT2D eigenvalue weighted by Gasteiger charge is 2.29. The number of ether oxygens (including phenoxy) is 2. The second kappa shape index (κ2) is 8.60. The summed E-state index contributed by atoms with van der Waals surface area (Å²) < 4.78 is 11.5. The van der Waals surface area contributed by atoms with Gasteiger partial charge < -0.3 is 19.9 Å². The molecule has 132 valence electrons. The number of rotatable bonds is 6. The molecule has 6 nitrogen and oxygen atoms in total. The molecule has 2 N–H and O–H groups in total. The fraction of sp³-hybridized carbons (Fsp3) is 0.368. The SMILES string of the molecule is O=C(Cc1ccccn1)NC1COCCC1Oc1ccc(CO)cc1. The first-order chi connectivity index (χ1) is 12.2. The predicted octanol–water partition coefficient (Wildman–Crippen LogP) is 1.47. The van der Waals surface area contributed by atoms with E-state index in [0.29, 0.717) is 25.4 Å². The molecule has 1 amide bonds. The molecule has 0 spiro atoms. The van der Waals surface area contributed by atoms with E-state index in [9.17, 15) is 4.79 Å². The number of carbonyl (C=O) groups excluding carboxylic acids is 1. The average molecular weight is 342 g/mol. The molecule has 2 aromatic rings. The van der Waals surface area contributed by atoms with Gasteiger partial charge in [0, 0.05) is 18.3 Å². The van der Waals surface area contributed by atoms with Crippen LogP contribution in [0.3, 0.4) is 0 Å². The Labute approximate surface area is 146 Å². The molecule has 1 aromatic carbocycles. The lowest BCUT2D eigenvalue weighted by Crippen LogP contribution is -2.52. The number of hydrogen-bond acceptors (Lipinski definition) is 5. The third kappa shape index (κ3) is 5.01. The first kappa shape index (κ1) is 17.4. The first-order valence-electron chi connectivity index (χ1n) is 8.38. The highest BCUT2D eigenvalue weighted by Crippen LogP contribution is 2.19. The van der Waals surface area contributed by atoms with Crippen molar-refractivity contribution in [1.82, 2.24) is 10.3 Å². The van der Waals surface area contributed by atoms with Gasteiger partial charge in [0.15, 0.2) is 0 Å². The Morgan fingerprint density at radius 3 is 2.84 bits per heavy atom. The summed E-state index contributed by atoms with van der Waals surface area (Å²) in [6.07, 6.45) is 2.46. The van der Waals surface area contributed by atoms with E-state index in [0.717, 1.165) is 11.3 Å². The van der Waals surface area contributed by atoms with Crippen LogP contribution in [0.25, 0.3) is 0 Å². The van der Waals surface area contributed by atoms with Crippen LogP contribution in [0.1, 0.15) is 17.7 Å². The molecule has 1 saturated heterocycles. The van der Waals surface area contributed by atoms with Crippen LogP contribution in [0.4, 0.5) is 0 Å². The second-order valence-electron chi connectivity index (χ2n) is 5.99. The molecule has 1 fully saturated rings. The van der Waals surface area contributed by atoms with E-state index in [2.05, 4.69) is 10.3 Å². The number of aromatic nitrogens is 1. The van der Waals surface area contributed by atoms with Crippen molar-refractivity contribution in [2.24, 2.45) is 0 Å². The molecule has 0 saturated carbocycles. The molecule has 1 aliphatic heterocycles. The predicted molar refractivity (Wildman–Crippen MR) is 92.1 cm³/mol. The van der Waals surface area contributed by atoms with Crippen LogP contribution in [-0.2, 0) is 22.6 Å². The van der Waals surface area contributed by atoms with E-state index < -0.39 is 0 Å². The number of aliphatic hydroxyl groups is 1. The normalized spacial score (nSPS) is 20.0. The van der Waals surface area contributed by atoms with Crippen LogP contribution < -0.4 is 10.1 Å². The number of benzene rings is 1. The van der Waals surface area contributed by atoms with Crippen LogP contribution in [0, 0.1) is 0 Å². The minimum Gasteiger partial charge on any atom is -0.488 e. The fourth-order valence-electron chi connectivity index (χ4n) is 2.77. The number of carbonyl (C=O) groups is 1. The van der Waals surface area contributed by atoms with Crippen molar-refractivity contribution in [2.75, 3.05) is 13.2 Å². The van der Waals surface area contributed by atoms with Crippen molar-refractivity contribution < 1.29 is 19.4 Å². The zero-order valence-electron chi connectivity index (χ0n) is 13.9. The zero-order valence-corrected chi connectivity index (χ0v) is 13.9. The number of hydrogen-bond donors (Lipinski definition) is 2. The molecular formula is C19H22N2O4. The van der Waals surface area contributed by atoms with Crippen molar-refractivity contribution in [3.63, 3.8) is 0 Å². The second-order valence-corrected chi connectivity index (χ2v) is 5.99. The Morgan fingerprint density at radius 1 is 1.28 bits per heavy atom. The van der Waals surface area contributed by atoms with E-state index in [4.69, 9.17) is 14.6 Å². The number of nitrogens with zero attached hydrogens (tertiary/aromatic N) is 1. The quantitative estimate of drug-likeness (QED) is 0.831. The van der Waals surface area contributed by atoms with Gasteiger partial charge in [-0.05, 0) is 29.8 Å². The lowest BCUT2D eigenvalue weighted by Gasteiger charge is -2.32. The summed E-state index contributed by atoms with van der Waals surface area (Å²) in [5.41, 5.74) is 1.56. The minimum atomic E-state index is -0.206. The van der Waals surface area contributed by atoms with Crippen molar-refractivity contribution >= 4 is 5.91 Å². The van der Waals surface area contributed by atoms with Crippen LogP contribution in [0.5, 0.6) is 5.75 Å². The average Bonchev–Trinajstić information content (AvgIpc) is 2.65. The first-order valence-corrected chi connectivity index (χ1v) is 8.38. The highest BCUT2D eigenvalue weighted by atomic mass is 16.5. The summed E-state index contributed by atoms with van der Waals surface area (Å²) in [6, 6.07) is 12.6. The molecule has 0 radical (unpaired) electrons. The summed E-state index contributed by atoms with van der Waals surface area (Å²) in [7, 11) is 0. The smallest absolute Gasteiger partial charge is 0.226 e. The van der Waals surface area contributed by atoms with E-state index >= 15 is 0 Å². The van der Waals surface area contributed by atoms with E-state index in [1.54, 1.807) is 6.20 Å². The molecule has 0 bridgehead atoms. The van der Waals surface area contributed by atoms with Gasteiger partial charge in [-0.15, -0.1) is 0 Å². The van der Waals surface area contributed by atoms with Gasteiger partial charge in [-0.3, -0.25) is 9.78 Å². The summed E-state index contributed by atoms with van der Waals surface area (Å²) in [4.78, 5) is 16.4. The Hall–Kier alpha value is -2.44. The Morgan fingerprint density at radius 2 is 2.12 bits per heavy atom. The Balaban J connectivity index is 1.59. The molecule has 2 atom stereocenters. The largest absolute Gasteiger partial charge is 0.488 e. The molecule has 3 rings (SSSR count). The number of pyridine rings is 1. The van der Waals surface area contributed by atoms with Crippen LogP contribution in [0.15, 0.2) is 48.7 Å². The summed E-state index contributed by atoms with van der Waals surface area (Å²) in [5.74, 6) is 0.617. The summed E-state index contributed by atoms with van der Waals surface area (Å²) in [6.45, 7) is 1.03. The number of amides is 1. The molecule has 1 aromatic heterocycles. The molecule has 25 heavy (non-hydrogen) atoms. The molecular weight excluding hydrogens is 320 g/mol. The molecule has 6 heteroatoms. The topological polar surface area (TPSA) is 80.7 Å². The Kier molecular flexibility index (Phi) is 5.98. The third-order valence-corrected chi connectivity index (χ3v) is 4.10. The molecule has 1 aliphatic rings. The van der Waals surface area contributed by atoms with E-state index in [1.165, 1.54) is 0 Å². The van der Waals surface area contributed by atoms with Crippen molar-refractivity contribution in [3.05, 3.63) is 59.9 Å². The van der Waals surface area contributed by atoms with Gasteiger partial charge in [-0.25, -0.2) is 0 Å². The highest BCUT2D eigenvalue weighted by molar-refractivity contribution is 5.78. The number of nitrogens with one attached hydrogen (secondary N) is 1. The van der Waals surface area contributed by atoms with Gasteiger partial charge in [0.05, 0.1) is 32.3 Å². The van der Waals surface area contributed by atoms with Gasteiger partial charge in [0.2, 0.25) is 5.91 Å². The molecule has 0 aliphatic carbocycles. The number of aliphatic hydroxyl groups excluding tert-OH is 1. The zero-order chi connectivity index (χ0) is 17.5. The van der Waals surface area contributed by atoms with Gasteiger partial charge >= 0.3 is 0 Å². The van der Waals surface area contributed by atoms with Crippen LogP contribution in [0.2, 0.25) is 0 Å². The van der Waals surface area contributed by atoms with E-state index in [-0.39, 0.29) is 31.1 Å². The summed E-state index contributed by atoms with van der Waals surface area (Å²) in [5, 5.41) is 12.1. The van der Waals surface area contributed by atoms with Crippen LogP contribution in [-0.4, -0.2) is 41.4 Å². The van der Waals surface area contributed by atoms with Gasteiger partial charge in [0.25, 0.3) is 0 Å². The molecule has 2 unspecified atom stereocenters. The minimum absolute atomic E-state index is 0.00372. The summed E-state index contributed by atoms with van der Waals surface area (Å²) >= 11 is 0. The third-order valence-electron chi connectivity index (χ3n) is 4.10. The van der Waals surface area contributed by atoms with Crippen molar-refractivity contribution in [1.29, 1.82) is 0 Å². The maximum absolute atomic E-state index is 12.3.